The molecule has 252 valence electrons. The first-order chi connectivity index (χ1) is 21.3. The van der Waals surface area contributed by atoms with Gasteiger partial charge in [0.1, 0.15) is 23.9 Å². The standard InChI is InChI=1S/C33H42O13/c1-16-27(31(7)22(13-25(38)41-9)30(5,6)46-26(39)14-24(31)43-17(2)34)28(44-18(3)35)29(45-19(4)36)32(8)21(20-10-11-42-15-20)12-23(37)33(16,32)40/h10-11,15,21-22,24,27-29,40H,1,12-14H2,2-9H3/t21-,22-,24-,27+,28+,29-,31+,32+,33+/m0/s1. The summed E-state index contributed by atoms with van der Waals surface area (Å²) in [7, 11) is 1.18. The monoisotopic (exact) mass is 646 g/mol. The number of rotatable bonds is 7. The van der Waals surface area contributed by atoms with Gasteiger partial charge in [0, 0.05) is 50.4 Å². The number of esters is 5. The normalized spacial score (nSPS) is 36.9. The van der Waals surface area contributed by atoms with Gasteiger partial charge in [-0.2, -0.15) is 0 Å². The van der Waals surface area contributed by atoms with Crippen LogP contribution in [0.3, 0.4) is 0 Å². The van der Waals surface area contributed by atoms with Crippen LogP contribution in [-0.4, -0.2) is 77.4 Å². The molecule has 0 unspecified atom stereocenters. The molecule has 4 rings (SSSR count). The molecule has 1 N–H and O–H groups in total. The van der Waals surface area contributed by atoms with Gasteiger partial charge < -0.3 is 33.2 Å². The lowest BCUT2D eigenvalue weighted by atomic mass is 9.46. The third-order valence-corrected chi connectivity index (χ3v) is 10.5. The first-order valence-corrected chi connectivity index (χ1v) is 15.0. The van der Waals surface area contributed by atoms with Crippen LogP contribution in [0.4, 0.5) is 0 Å². The number of furan rings is 1. The van der Waals surface area contributed by atoms with Crippen molar-refractivity contribution in [2.45, 2.75) is 103 Å². The molecule has 0 aromatic carbocycles. The Hall–Kier alpha value is -4.00. The van der Waals surface area contributed by atoms with E-state index in [2.05, 4.69) is 6.58 Å². The SMILES string of the molecule is C=C1[C@@H]([C@@]2(C)[C@@H](OC(C)=O)CC(=O)OC(C)(C)[C@@H]2CC(=O)OC)[C@@H](OC(C)=O)[C@H](OC(C)=O)[C@@]2(C)[C@H](c3ccoc3)CC(=O)[C@]12O. The summed E-state index contributed by atoms with van der Waals surface area (Å²) in [5, 5.41) is 12.8. The Bertz CT molecular complexity index is 1440. The van der Waals surface area contributed by atoms with Crippen LogP contribution in [0.15, 0.2) is 35.2 Å². The van der Waals surface area contributed by atoms with Crippen molar-refractivity contribution in [3.05, 3.63) is 36.3 Å². The minimum atomic E-state index is -2.41. The molecule has 2 saturated carbocycles. The highest BCUT2D eigenvalue weighted by Crippen LogP contribution is 2.68. The lowest BCUT2D eigenvalue weighted by molar-refractivity contribution is -0.236. The van der Waals surface area contributed by atoms with E-state index in [1.165, 1.54) is 19.6 Å². The Balaban J connectivity index is 2.11. The number of aliphatic hydroxyl groups is 1. The van der Waals surface area contributed by atoms with Crippen LogP contribution >= 0.6 is 0 Å². The van der Waals surface area contributed by atoms with E-state index in [4.69, 9.17) is 28.1 Å². The van der Waals surface area contributed by atoms with Gasteiger partial charge in [-0.15, -0.1) is 0 Å². The van der Waals surface area contributed by atoms with Crippen LogP contribution in [0.5, 0.6) is 0 Å². The van der Waals surface area contributed by atoms with Gasteiger partial charge in [0.2, 0.25) is 0 Å². The third kappa shape index (κ3) is 5.31. The van der Waals surface area contributed by atoms with Gasteiger partial charge in [0.05, 0.1) is 37.9 Å². The molecule has 0 radical (unpaired) electrons. The van der Waals surface area contributed by atoms with Crippen molar-refractivity contribution < 1.29 is 62.0 Å². The lowest BCUT2D eigenvalue weighted by Gasteiger charge is -2.61. The third-order valence-electron chi connectivity index (χ3n) is 10.5. The lowest BCUT2D eigenvalue weighted by Crippen LogP contribution is -2.71. The van der Waals surface area contributed by atoms with Crippen molar-refractivity contribution in [3.8, 4) is 0 Å². The summed E-state index contributed by atoms with van der Waals surface area (Å²) in [5.74, 6) is -7.68. The van der Waals surface area contributed by atoms with E-state index in [0.29, 0.717) is 5.56 Å². The number of carbonyl (C=O) groups is 6. The first-order valence-electron chi connectivity index (χ1n) is 15.0. The van der Waals surface area contributed by atoms with Crippen LogP contribution in [0.1, 0.15) is 79.2 Å². The smallest absolute Gasteiger partial charge is 0.310 e. The fraction of sp³-hybridized carbons (Fsp3) is 0.636. The zero-order valence-electron chi connectivity index (χ0n) is 27.4. The predicted molar refractivity (Wildman–Crippen MR) is 156 cm³/mol. The maximum Gasteiger partial charge on any atom is 0.310 e. The number of hydrogen-bond donors (Lipinski definition) is 1. The van der Waals surface area contributed by atoms with Gasteiger partial charge in [0.15, 0.2) is 11.4 Å². The highest BCUT2D eigenvalue weighted by molar-refractivity contribution is 5.96. The first kappa shape index (κ1) is 34.9. The minimum Gasteiger partial charge on any atom is -0.472 e. The summed E-state index contributed by atoms with van der Waals surface area (Å²) in [4.78, 5) is 78.5. The summed E-state index contributed by atoms with van der Waals surface area (Å²) < 4.78 is 33.8. The summed E-state index contributed by atoms with van der Waals surface area (Å²) in [6.07, 6.45) is -2.60. The number of Topliss-reactive ketones (excluding diaryl/α,β-unsaturated/α-hetero) is 1. The molecule has 0 amide bonds. The zero-order valence-corrected chi connectivity index (χ0v) is 27.4. The maximum atomic E-state index is 14.1. The Morgan fingerprint density at radius 2 is 1.59 bits per heavy atom. The molecule has 13 nitrogen and oxygen atoms in total. The van der Waals surface area contributed by atoms with Gasteiger partial charge in [-0.3, -0.25) is 28.8 Å². The van der Waals surface area contributed by atoms with Crippen molar-refractivity contribution in [2.75, 3.05) is 7.11 Å². The highest BCUT2D eigenvalue weighted by Gasteiger charge is 2.77. The second kappa shape index (κ2) is 12.0. The van der Waals surface area contributed by atoms with Crippen LogP contribution in [-0.2, 0) is 52.5 Å². The predicted octanol–water partition coefficient (Wildman–Crippen LogP) is 2.97. The largest absolute Gasteiger partial charge is 0.472 e. The van der Waals surface area contributed by atoms with E-state index in [9.17, 15) is 33.9 Å². The summed E-state index contributed by atoms with van der Waals surface area (Å²) in [6.45, 7) is 14.0. The number of hydrogen-bond acceptors (Lipinski definition) is 13. The highest BCUT2D eigenvalue weighted by atomic mass is 16.6. The Morgan fingerprint density at radius 1 is 0.978 bits per heavy atom. The number of methoxy groups -OCH3 is 1. The topological polar surface area (TPSA) is 182 Å². The van der Waals surface area contributed by atoms with Crippen molar-refractivity contribution in [1.29, 1.82) is 0 Å². The molecular weight excluding hydrogens is 604 g/mol. The van der Waals surface area contributed by atoms with Crippen LogP contribution in [0.25, 0.3) is 0 Å². The summed E-state index contributed by atoms with van der Waals surface area (Å²) in [5.41, 5.74) is -6.77. The summed E-state index contributed by atoms with van der Waals surface area (Å²) >= 11 is 0. The van der Waals surface area contributed by atoms with Crippen molar-refractivity contribution in [1.82, 2.24) is 0 Å². The number of ketones is 1. The molecule has 9 atom stereocenters. The molecule has 1 saturated heterocycles. The number of ether oxygens (including phenoxy) is 5. The molecule has 3 fully saturated rings. The van der Waals surface area contributed by atoms with E-state index >= 15 is 0 Å². The van der Waals surface area contributed by atoms with Crippen LogP contribution in [0.2, 0.25) is 0 Å². The van der Waals surface area contributed by atoms with E-state index in [-0.39, 0.29) is 18.4 Å². The van der Waals surface area contributed by atoms with Crippen LogP contribution in [0, 0.1) is 22.7 Å². The van der Waals surface area contributed by atoms with Gasteiger partial charge in [-0.25, -0.2) is 0 Å². The molecule has 2 aliphatic carbocycles. The van der Waals surface area contributed by atoms with Gasteiger partial charge in [-0.05, 0) is 31.1 Å². The minimum absolute atomic E-state index is 0.125. The molecule has 46 heavy (non-hydrogen) atoms. The van der Waals surface area contributed by atoms with Crippen molar-refractivity contribution in [2.24, 2.45) is 22.7 Å². The van der Waals surface area contributed by atoms with Crippen LogP contribution < -0.4 is 0 Å². The molecule has 13 heteroatoms. The molecule has 2 heterocycles. The van der Waals surface area contributed by atoms with Gasteiger partial charge in [-0.1, -0.05) is 20.4 Å². The molecule has 1 aliphatic heterocycles. The quantitative estimate of drug-likeness (QED) is 0.260. The number of carbonyl (C=O) groups excluding carboxylic acids is 6. The molecule has 1 aromatic rings. The van der Waals surface area contributed by atoms with Crippen molar-refractivity contribution in [3.63, 3.8) is 0 Å². The maximum absolute atomic E-state index is 14.1. The van der Waals surface area contributed by atoms with E-state index in [1.54, 1.807) is 33.8 Å². The summed E-state index contributed by atoms with van der Waals surface area (Å²) in [6, 6.07) is 1.62. The second-order valence-electron chi connectivity index (χ2n) is 13.4. The fourth-order valence-corrected chi connectivity index (χ4v) is 8.58. The van der Waals surface area contributed by atoms with E-state index in [0.717, 1.165) is 20.8 Å². The second-order valence-corrected chi connectivity index (χ2v) is 13.4. The molecule has 0 bridgehead atoms. The molecule has 0 spiro atoms. The molecule has 3 aliphatic rings. The van der Waals surface area contributed by atoms with Crippen molar-refractivity contribution >= 4 is 35.6 Å². The Kier molecular flexibility index (Phi) is 9.08. The Morgan fingerprint density at radius 3 is 2.11 bits per heavy atom. The van der Waals surface area contributed by atoms with E-state index < -0.39 is 100 Å². The molecule has 1 aromatic heterocycles. The average Bonchev–Trinajstić information content (AvgIpc) is 3.52. The van der Waals surface area contributed by atoms with Gasteiger partial charge in [0.25, 0.3) is 0 Å². The fourth-order valence-electron chi connectivity index (χ4n) is 8.58. The van der Waals surface area contributed by atoms with Gasteiger partial charge >= 0.3 is 29.8 Å². The number of cyclic esters (lactones) is 1. The Labute approximate surface area is 266 Å². The molecular formula is C33H42O13. The van der Waals surface area contributed by atoms with E-state index in [1.807, 2.05) is 0 Å². The number of fused-ring (bicyclic) bond motifs is 1. The zero-order chi connectivity index (χ0) is 34.6. The average molecular weight is 647 g/mol.